The van der Waals surface area contributed by atoms with Crippen molar-refractivity contribution in [3.63, 3.8) is 0 Å². The van der Waals surface area contributed by atoms with Gasteiger partial charge in [0.2, 0.25) is 0 Å². The maximum Gasteiger partial charge on any atom is 0.116 e. The predicted octanol–water partition coefficient (Wildman–Crippen LogP) is 0.976. The number of imidazole rings is 1. The van der Waals surface area contributed by atoms with Gasteiger partial charge in [-0.25, -0.2) is 9.97 Å². The van der Waals surface area contributed by atoms with Crippen LogP contribution in [0.5, 0.6) is 0 Å². The number of fused-ring (bicyclic) bond motifs is 1. The summed E-state index contributed by atoms with van der Waals surface area (Å²) < 4.78 is 0. The van der Waals surface area contributed by atoms with Crippen LogP contribution in [0.1, 0.15) is 0 Å². The first-order chi connectivity index (χ1) is 4.97. The van der Waals surface area contributed by atoms with Gasteiger partial charge < -0.3 is 0 Å². The molecule has 48 valence electrons. The maximum atomic E-state index is 4.01. The molecular formula is C7H5N3. The summed E-state index contributed by atoms with van der Waals surface area (Å²) in [5.74, 6) is 0. The summed E-state index contributed by atoms with van der Waals surface area (Å²) in [5.41, 5.74) is 1.72. The van der Waals surface area contributed by atoms with E-state index in [1.165, 1.54) is 6.33 Å². The Hall–Kier alpha value is -1.51. The summed E-state index contributed by atoms with van der Waals surface area (Å²) in [6.45, 7) is 0. The molecule has 3 heteroatoms. The molecule has 2 heterocycles. The highest BCUT2D eigenvalue weighted by molar-refractivity contribution is 5.52. The fourth-order valence-corrected chi connectivity index (χ4v) is 0.811. The molecule has 0 saturated heterocycles. The summed E-state index contributed by atoms with van der Waals surface area (Å²) in [5, 5.41) is 0. The summed E-state index contributed by atoms with van der Waals surface area (Å²) in [6, 6.07) is 3.73. The van der Waals surface area contributed by atoms with Crippen LogP contribution in [0.25, 0.3) is 11.4 Å². The van der Waals surface area contributed by atoms with E-state index in [0.717, 1.165) is 11.4 Å². The van der Waals surface area contributed by atoms with Gasteiger partial charge in [0.1, 0.15) is 12.0 Å². The second-order valence-electron chi connectivity index (χ2n) is 1.93. The molecule has 0 aliphatic carbocycles. The molecule has 0 bridgehead atoms. The van der Waals surface area contributed by atoms with Crippen molar-refractivity contribution in [1.29, 1.82) is 0 Å². The van der Waals surface area contributed by atoms with Crippen molar-refractivity contribution in [3.05, 3.63) is 30.9 Å². The lowest BCUT2D eigenvalue weighted by Gasteiger charge is -1.80. The van der Waals surface area contributed by atoms with Gasteiger partial charge in [0, 0.05) is 6.20 Å². The number of hydrogen-bond donors (Lipinski definition) is 0. The SMILES string of the molecule is c1cncc2ncnc-2c1. The fraction of sp³-hybridized carbons (Fsp3) is 0. The van der Waals surface area contributed by atoms with Crippen molar-refractivity contribution in [2.45, 2.75) is 0 Å². The summed E-state index contributed by atoms with van der Waals surface area (Å²) >= 11 is 0. The third-order valence-corrected chi connectivity index (χ3v) is 1.28. The topological polar surface area (TPSA) is 38.7 Å². The Balaban J connectivity index is 2.74. The fourth-order valence-electron chi connectivity index (χ4n) is 0.811. The number of rotatable bonds is 0. The second-order valence-corrected chi connectivity index (χ2v) is 1.93. The Labute approximate surface area is 58.1 Å². The Morgan fingerprint density at radius 1 is 1.10 bits per heavy atom. The Morgan fingerprint density at radius 2 is 2.00 bits per heavy atom. The van der Waals surface area contributed by atoms with Crippen molar-refractivity contribution in [2.75, 3.05) is 0 Å². The zero-order chi connectivity index (χ0) is 6.81. The highest BCUT2D eigenvalue weighted by atomic mass is 14.9. The van der Waals surface area contributed by atoms with Crippen LogP contribution in [0.4, 0.5) is 0 Å². The molecule has 0 atom stereocenters. The lowest BCUT2D eigenvalue weighted by atomic mass is 10.3. The van der Waals surface area contributed by atoms with Gasteiger partial charge >= 0.3 is 0 Å². The van der Waals surface area contributed by atoms with Crippen LogP contribution in [-0.4, -0.2) is 15.0 Å². The zero-order valence-electron chi connectivity index (χ0n) is 5.23. The Morgan fingerprint density at radius 3 is 3.00 bits per heavy atom. The standard InChI is InChI=1S/C7H5N3/c1-2-6-7(4-8-3-1)10-5-9-6/h1-5H. The van der Waals surface area contributed by atoms with Crippen LogP contribution in [0.2, 0.25) is 0 Å². The summed E-state index contributed by atoms with van der Waals surface area (Å²) in [7, 11) is 0. The zero-order valence-corrected chi connectivity index (χ0v) is 5.23. The maximum absolute atomic E-state index is 4.01. The van der Waals surface area contributed by atoms with Crippen molar-refractivity contribution in [2.24, 2.45) is 0 Å². The predicted molar refractivity (Wildman–Crippen MR) is 36.4 cm³/mol. The van der Waals surface area contributed by atoms with E-state index in [0.29, 0.717) is 0 Å². The van der Waals surface area contributed by atoms with E-state index in [1.807, 2.05) is 12.1 Å². The Bertz CT molecular complexity index is 280. The molecule has 0 N–H and O–H groups in total. The minimum absolute atomic E-state index is 0.838. The normalized spacial score (nSPS) is 10.0. The van der Waals surface area contributed by atoms with Gasteiger partial charge in [-0.15, -0.1) is 0 Å². The molecule has 0 spiro atoms. The van der Waals surface area contributed by atoms with Crippen LogP contribution >= 0.6 is 0 Å². The molecule has 0 fully saturated rings. The lowest BCUT2D eigenvalue weighted by Crippen LogP contribution is -1.69. The van der Waals surface area contributed by atoms with Crippen LogP contribution in [0.15, 0.2) is 30.9 Å². The molecule has 0 aromatic rings. The molecule has 0 aromatic carbocycles. The first-order valence-corrected chi connectivity index (χ1v) is 2.97. The van der Waals surface area contributed by atoms with E-state index >= 15 is 0 Å². The molecule has 0 aromatic heterocycles. The first kappa shape index (κ1) is 5.29. The quantitative estimate of drug-likeness (QED) is 0.534. The van der Waals surface area contributed by atoms with Gasteiger partial charge in [-0.3, -0.25) is 4.98 Å². The lowest BCUT2D eigenvalue weighted by molar-refractivity contribution is 1.30. The van der Waals surface area contributed by atoms with Crippen molar-refractivity contribution >= 4 is 0 Å². The average Bonchev–Trinajstić information content (AvgIpc) is 2.28. The molecule has 0 unspecified atom stereocenters. The number of nitrogens with zero attached hydrogens (tertiary/aromatic N) is 3. The van der Waals surface area contributed by atoms with E-state index in [1.54, 1.807) is 12.4 Å². The van der Waals surface area contributed by atoms with Gasteiger partial charge in [-0.05, 0) is 12.1 Å². The minimum Gasteiger partial charge on any atom is -0.262 e. The van der Waals surface area contributed by atoms with E-state index in [9.17, 15) is 0 Å². The third-order valence-electron chi connectivity index (χ3n) is 1.28. The molecule has 0 saturated carbocycles. The third kappa shape index (κ3) is 0.719. The van der Waals surface area contributed by atoms with Gasteiger partial charge in [-0.2, -0.15) is 0 Å². The van der Waals surface area contributed by atoms with E-state index < -0.39 is 0 Å². The molecule has 2 aliphatic heterocycles. The molecule has 10 heavy (non-hydrogen) atoms. The minimum atomic E-state index is 0.838. The number of aromatic nitrogens is 3. The molecule has 0 radical (unpaired) electrons. The van der Waals surface area contributed by atoms with Crippen molar-refractivity contribution < 1.29 is 0 Å². The number of hydrogen-bond acceptors (Lipinski definition) is 3. The van der Waals surface area contributed by atoms with Crippen LogP contribution in [0.3, 0.4) is 0 Å². The molecular weight excluding hydrogens is 126 g/mol. The largest absolute Gasteiger partial charge is 0.262 e. The van der Waals surface area contributed by atoms with Crippen LogP contribution in [0, 0.1) is 0 Å². The van der Waals surface area contributed by atoms with Crippen LogP contribution in [-0.2, 0) is 0 Å². The smallest absolute Gasteiger partial charge is 0.116 e. The van der Waals surface area contributed by atoms with Gasteiger partial charge in [-0.1, -0.05) is 0 Å². The van der Waals surface area contributed by atoms with E-state index in [-0.39, 0.29) is 0 Å². The molecule has 3 nitrogen and oxygen atoms in total. The van der Waals surface area contributed by atoms with Crippen LogP contribution < -0.4 is 0 Å². The highest BCUT2D eigenvalue weighted by Gasteiger charge is 1.99. The summed E-state index contributed by atoms with van der Waals surface area (Å²) in [4.78, 5) is 11.9. The van der Waals surface area contributed by atoms with E-state index in [2.05, 4.69) is 15.0 Å². The van der Waals surface area contributed by atoms with Crippen molar-refractivity contribution in [1.82, 2.24) is 15.0 Å². The van der Waals surface area contributed by atoms with Gasteiger partial charge in [0.15, 0.2) is 0 Å². The van der Waals surface area contributed by atoms with E-state index in [4.69, 9.17) is 0 Å². The van der Waals surface area contributed by atoms with Gasteiger partial charge in [0.25, 0.3) is 0 Å². The first-order valence-electron chi connectivity index (χ1n) is 2.97. The monoisotopic (exact) mass is 131 g/mol. The highest BCUT2D eigenvalue weighted by Crippen LogP contribution is 2.11. The summed E-state index contributed by atoms with van der Waals surface area (Å²) in [6.07, 6.45) is 4.94. The Kier molecular flexibility index (Phi) is 1.07. The van der Waals surface area contributed by atoms with Gasteiger partial charge in [0.05, 0.1) is 11.9 Å². The molecule has 2 aliphatic rings. The second kappa shape index (κ2) is 2.02. The average molecular weight is 131 g/mol. The molecule has 0 amide bonds. The van der Waals surface area contributed by atoms with Crippen molar-refractivity contribution in [3.8, 4) is 11.4 Å². The molecule has 2 rings (SSSR count).